The summed E-state index contributed by atoms with van der Waals surface area (Å²) in [6.07, 6.45) is 3.47. The van der Waals surface area contributed by atoms with Crippen molar-refractivity contribution in [2.45, 2.75) is 50.8 Å². The molecule has 5 heteroatoms. The van der Waals surface area contributed by atoms with Crippen LogP contribution in [0.25, 0.3) is 0 Å². The van der Waals surface area contributed by atoms with E-state index in [4.69, 9.17) is 4.74 Å². The minimum atomic E-state index is -0.380. The van der Waals surface area contributed by atoms with Crippen LogP contribution in [0, 0.1) is 6.92 Å². The number of thioether (sulfide) groups is 1. The standard InChI is InChI=1S/C23H27NO3S/c1-15(2)20-9-4-6-16(3)23(20)24-21(25)13-27-22(26)14-28-19-11-10-17-7-5-8-18(17)12-19/h4,6,9-12,15H,5,7-8,13-14H2,1-3H3,(H,24,25). The Hall–Kier alpha value is -2.27. The lowest BCUT2D eigenvalue weighted by atomic mass is 9.98. The topological polar surface area (TPSA) is 55.4 Å². The van der Waals surface area contributed by atoms with Gasteiger partial charge >= 0.3 is 5.97 Å². The number of rotatable bonds is 7. The minimum absolute atomic E-state index is 0.202. The van der Waals surface area contributed by atoms with Crippen molar-refractivity contribution in [2.75, 3.05) is 17.7 Å². The van der Waals surface area contributed by atoms with Crippen molar-refractivity contribution in [1.82, 2.24) is 0 Å². The van der Waals surface area contributed by atoms with Gasteiger partial charge in [0.2, 0.25) is 0 Å². The summed E-state index contributed by atoms with van der Waals surface area (Å²) in [6.45, 7) is 5.86. The molecule has 1 aliphatic carbocycles. The smallest absolute Gasteiger partial charge is 0.316 e. The maximum atomic E-state index is 12.3. The molecule has 1 aliphatic rings. The Balaban J connectivity index is 1.48. The molecule has 0 bridgehead atoms. The molecule has 1 N–H and O–H groups in total. The van der Waals surface area contributed by atoms with Gasteiger partial charge in [-0.1, -0.05) is 38.1 Å². The minimum Gasteiger partial charge on any atom is -0.455 e. The van der Waals surface area contributed by atoms with Gasteiger partial charge in [0.15, 0.2) is 6.61 Å². The molecule has 28 heavy (non-hydrogen) atoms. The molecule has 0 saturated heterocycles. The van der Waals surface area contributed by atoms with Crippen LogP contribution in [-0.4, -0.2) is 24.2 Å². The van der Waals surface area contributed by atoms with Crippen LogP contribution in [0.15, 0.2) is 41.3 Å². The molecule has 1 amide bonds. The predicted octanol–water partition coefficient (Wildman–Crippen LogP) is 4.88. The molecule has 0 aromatic heterocycles. The van der Waals surface area contributed by atoms with E-state index in [0.717, 1.165) is 34.6 Å². The van der Waals surface area contributed by atoms with Gasteiger partial charge in [-0.15, -0.1) is 11.8 Å². The quantitative estimate of drug-likeness (QED) is 0.534. The Bertz CT molecular complexity index is 876. The molecule has 2 aromatic carbocycles. The highest BCUT2D eigenvalue weighted by atomic mass is 32.2. The van der Waals surface area contributed by atoms with Crippen LogP contribution >= 0.6 is 11.8 Å². The Kier molecular flexibility index (Phi) is 6.79. The van der Waals surface area contributed by atoms with E-state index in [9.17, 15) is 9.59 Å². The molecular weight excluding hydrogens is 370 g/mol. The number of para-hydroxylation sites is 1. The van der Waals surface area contributed by atoms with E-state index >= 15 is 0 Å². The van der Waals surface area contributed by atoms with Crippen molar-refractivity contribution in [3.63, 3.8) is 0 Å². The number of aryl methyl sites for hydroxylation is 3. The van der Waals surface area contributed by atoms with Crippen molar-refractivity contribution in [1.29, 1.82) is 0 Å². The van der Waals surface area contributed by atoms with Gasteiger partial charge in [-0.3, -0.25) is 9.59 Å². The fourth-order valence-electron chi connectivity index (χ4n) is 3.49. The fourth-order valence-corrected chi connectivity index (χ4v) is 4.24. The Labute approximate surface area is 171 Å². The Morgan fingerprint density at radius 2 is 1.93 bits per heavy atom. The van der Waals surface area contributed by atoms with E-state index in [1.54, 1.807) is 0 Å². The number of benzene rings is 2. The van der Waals surface area contributed by atoms with E-state index in [0.29, 0.717) is 5.92 Å². The van der Waals surface area contributed by atoms with Crippen LogP contribution in [-0.2, 0) is 27.2 Å². The summed E-state index contributed by atoms with van der Waals surface area (Å²) in [5.41, 5.74) is 5.69. The Morgan fingerprint density at radius 1 is 1.14 bits per heavy atom. The normalized spacial score (nSPS) is 12.7. The first-order valence-electron chi connectivity index (χ1n) is 9.73. The summed E-state index contributed by atoms with van der Waals surface area (Å²) in [4.78, 5) is 25.3. The predicted molar refractivity (Wildman–Crippen MR) is 114 cm³/mol. The number of hydrogen-bond donors (Lipinski definition) is 1. The summed E-state index contributed by atoms with van der Waals surface area (Å²) >= 11 is 1.45. The number of anilines is 1. The summed E-state index contributed by atoms with van der Waals surface area (Å²) in [5.74, 6) is -0.198. The molecule has 3 rings (SSSR count). The number of hydrogen-bond acceptors (Lipinski definition) is 4. The molecule has 0 atom stereocenters. The van der Waals surface area contributed by atoms with Gasteiger partial charge in [0.25, 0.3) is 5.91 Å². The largest absolute Gasteiger partial charge is 0.455 e. The monoisotopic (exact) mass is 397 g/mol. The molecule has 0 unspecified atom stereocenters. The zero-order valence-corrected chi connectivity index (χ0v) is 17.5. The van der Waals surface area contributed by atoms with Crippen LogP contribution in [0.5, 0.6) is 0 Å². The number of carbonyl (C=O) groups excluding carboxylic acids is 2. The van der Waals surface area contributed by atoms with E-state index in [1.165, 1.54) is 29.3 Å². The third kappa shape index (κ3) is 5.16. The maximum Gasteiger partial charge on any atom is 0.316 e. The number of ether oxygens (including phenoxy) is 1. The van der Waals surface area contributed by atoms with Gasteiger partial charge in [-0.25, -0.2) is 0 Å². The summed E-state index contributed by atoms with van der Waals surface area (Å²) in [7, 11) is 0. The zero-order valence-electron chi connectivity index (χ0n) is 16.7. The average Bonchev–Trinajstić information content (AvgIpc) is 3.14. The van der Waals surface area contributed by atoms with Crippen LogP contribution in [0.4, 0.5) is 5.69 Å². The van der Waals surface area contributed by atoms with Crippen LogP contribution in [0.1, 0.15) is 48.4 Å². The number of esters is 1. The van der Waals surface area contributed by atoms with Crippen molar-refractivity contribution < 1.29 is 14.3 Å². The number of fused-ring (bicyclic) bond motifs is 1. The lowest BCUT2D eigenvalue weighted by Crippen LogP contribution is -2.22. The van der Waals surface area contributed by atoms with Gasteiger partial charge in [0.05, 0.1) is 5.75 Å². The summed E-state index contributed by atoms with van der Waals surface area (Å²) < 4.78 is 5.16. The first-order chi connectivity index (χ1) is 13.4. The molecule has 0 heterocycles. The SMILES string of the molecule is Cc1cccc(C(C)C)c1NC(=O)COC(=O)CSc1ccc2c(c1)CCC2. The second kappa shape index (κ2) is 9.28. The molecule has 0 fully saturated rings. The first kappa shape index (κ1) is 20.5. The third-order valence-electron chi connectivity index (χ3n) is 4.98. The van der Waals surface area contributed by atoms with E-state index in [1.807, 2.05) is 25.1 Å². The average molecular weight is 398 g/mol. The number of nitrogens with one attached hydrogen (secondary N) is 1. The van der Waals surface area contributed by atoms with E-state index < -0.39 is 0 Å². The third-order valence-corrected chi connectivity index (χ3v) is 5.95. The van der Waals surface area contributed by atoms with Crippen LogP contribution < -0.4 is 5.32 Å². The highest BCUT2D eigenvalue weighted by Gasteiger charge is 2.15. The van der Waals surface area contributed by atoms with E-state index in [-0.39, 0.29) is 24.2 Å². The molecule has 0 saturated carbocycles. The lowest BCUT2D eigenvalue weighted by molar-refractivity contribution is -0.144. The molecule has 148 valence electrons. The lowest BCUT2D eigenvalue weighted by Gasteiger charge is -2.16. The summed E-state index contributed by atoms with van der Waals surface area (Å²) in [6, 6.07) is 12.3. The van der Waals surface area contributed by atoms with Gasteiger partial charge in [0, 0.05) is 10.6 Å². The van der Waals surface area contributed by atoms with E-state index in [2.05, 4.69) is 37.4 Å². The molecule has 4 nitrogen and oxygen atoms in total. The molecule has 0 aliphatic heterocycles. The fraction of sp³-hybridized carbons (Fsp3) is 0.391. The highest BCUT2D eigenvalue weighted by Crippen LogP contribution is 2.28. The second-order valence-corrected chi connectivity index (χ2v) is 8.52. The zero-order chi connectivity index (χ0) is 20.1. The number of carbonyl (C=O) groups is 2. The van der Waals surface area contributed by atoms with Crippen LogP contribution in [0.2, 0.25) is 0 Å². The van der Waals surface area contributed by atoms with Gasteiger partial charge in [-0.05, 0) is 66.5 Å². The second-order valence-electron chi connectivity index (χ2n) is 7.48. The first-order valence-corrected chi connectivity index (χ1v) is 10.7. The highest BCUT2D eigenvalue weighted by molar-refractivity contribution is 8.00. The Morgan fingerprint density at radius 3 is 2.71 bits per heavy atom. The molecule has 2 aromatic rings. The van der Waals surface area contributed by atoms with Crippen LogP contribution in [0.3, 0.4) is 0 Å². The van der Waals surface area contributed by atoms with Crippen molar-refractivity contribution in [3.8, 4) is 0 Å². The number of amides is 1. The molecule has 0 radical (unpaired) electrons. The van der Waals surface area contributed by atoms with Crippen molar-refractivity contribution in [3.05, 3.63) is 58.7 Å². The van der Waals surface area contributed by atoms with Gasteiger partial charge in [-0.2, -0.15) is 0 Å². The maximum absolute atomic E-state index is 12.3. The van der Waals surface area contributed by atoms with Gasteiger partial charge in [0.1, 0.15) is 0 Å². The van der Waals surface area contributed by atoms with Crippen molar-refractivity contribution in [2.24, 2.45) is 0 Å². The molecule has 0 spiro atoms. The van der Waals surface area contributed by atoms with Crippen molar-refractivity contribution >= 4 is 29.3 Å². The summed E-state index contributed by atoms with van der Waals surface area (Å²) in [5, 5.41) is 2.89. The molecular formula is C23H27NO3S. The van der Waals surface area contributed by atoms with Gasteiger partial charge < -0.3 is 10.1 Å².